The molecule has 7 nitrogen and oxygen atoms in total. The molecule has 0 unspecified atom stereocenters. The summed E-state index contributed by atoms with van der Waals surface area (Å²) in [4.78, 5) is 21.3. The summed E-state index contributed by atoms with van der Waals surface area (Å²) in [5.74, 6) is 1.91. The molecule has 0 spiro atoms. The van der Waals surface area contributed by atoms with Crippen molar-refractivity contribution in [3.8, 4) is 11.1 Å². The number of nitrogens with zero attached hydrogens (tertiary/aromatic N) is 4. The van der Waals surface area contributed by atoms with Crippen LogP contribution in [0, 0.1) is 13.8 Å². The number of H-pyrrole nitrogens is 1. The number of aromatic nitrogens is 5. The Labute approximate surface area is 154 Å². The zero-order chi connectivity index (χ0) is 18.5. The second-order valence-electron chi connectivity index (χ2n) is 6.95. The van der Waals surface area contributed by atoms with Crippen LogP contribution < -0.4 is 0 Å². The first-order chi connectivity index (χ1) is 13.1. The Morgan fingerprint density at radius 3 is 2.78 bits per heavy atom. The molecule has 4 aromatic rings. The van der Waals surface area contributed by atoms with Crippen LogP contribution in [0.2, 0.25) is 0 Å². The quantitative estimate of drug-likeness (QED) is 0.558. The van der Waals surface area contributed by atoms with E-state index in [-0.39, 0.29) is 5.78 Å². The Morgan fingerprint density at radius 1 is 1.26 bits per heavy atom. The van der Waals surface area contributed by atoms with E-state index in [4.69, 9.17) is 9.51 Å². The number of aryl methyl sites for hydroxylation is 2. The molecule has 1 saturated carbocycles. The van der Waals surface area contributed by atoms with Crippen molar-refractivity contribution in [2.24, 2.45) is 0 Å². The molecule has 0 amide bonds. The van der Waals surface area contributed by atoms with E-state index in [9.17, 15) is 4.79 Å². The van der Waals surface area contributed by atoms with Gasteiger partial charge in [-0.05, 0) is 56.5 Å². The van der Waals surface area contributed by atoms with Crippen LogP contribution in [0.4, 0.5) is 0 Å². The lowest BCUT2D eigenvalue weighted by molar-refractivity contribution is 0.103. The van der Waals surface area contributed by atoms with Crippen LogP contribution in [0.5, 0.6) is 0 Å². The third-order valence-corrected chi connectivity index (χ3v) is 4.94. The van der Waals surface area contributed by atoms with E-state index >= 15 is 0 Å². The number of benzene rings is 1. The van der Waals surface area contributed by atoms with E-state index in [0.717, 1.165) is 41.0 Å². The minimum Gasteiger partial charge on any atom is -0.361 e. The molecule has 1 fully saturated rings. The highest BCUT2D eigenvalue weighted by atomic mass is 16.5. The van der Waals surface area contributed by atoms with Gasteiger partial charge in [0.15, 0.2) is 0 Å². The van der Waals surface area contributed by atoms with Crippen molar-refractivity contribution < 1.29 is 9.32 Å². The average Bonchev–Trinajstić information content (AvgIpc) is 3.36. The average molecular weight is 359 g/mol. The maximum atomic E-state index is 13.2. The van der Waals surface area contributed by atoms with E-state index in [0.29, 0.717) is 28.5 Å². The summed E-state index contributed by atoms with van der Waals surface area (Å²) in [6, 6.07) is 7.23. The molecule has 1 aromatic carbocycles. The van der Waals surface area contributed by atoms with Crippen LogP contribution in [-0.4, -0.2) is 31.1 Å². The van der Waals surface area contributed by atoms with E-state index < -0.39 is 0 Å². The van der Waals surface area contributed by atoms with Crippen molar-refractivity contribution in [3.05, 3.63) is 59.0 Å². The predicted molar refractivity (Wildman–Crippen MR) is 98.5 cm³/mol. The van der Waals surface area contributed by atoms with Gasteiger partial charge in [0.1, 0.15) is 17.3 Å². The Balaban J connectivity index is 1.75. The molecule has 1 aliphatic rings. The summed E-state index contributed by atoms with van der Waals surface area (Å²) in [7, 11) is 0. The van der Waals surface area contributed by atoms with Crippen molar-refractivity contribution in [3.63, 3.8) is 0 Å². The fourth-order valence-electron chi connectivity index (χ4n) is 3.46. The molecule has 3 aromatic heterocycles. The number of imidazole rings is 1. The summed E-state index contributed by atoms with van der Waals surface area (Å²) < 4.78 is 5.32. The van der Waals surface area contributed by atoms with Crippen molar-refractivity contribution in [1.29, 1.82) is 0 Å². The highest BCUT2D eigenvalue weighted by Gasteiger charge is 2.28. The maximum Gasteiger partial charge on any atom is 0.215 e. The zero-order valence-electron chi connectivity index (χ0n) is 15.0. The van der Waals surface area contributed by atoms with Gasteiger partial charge in [0.2, 0.25) is 5.78 Å². The molecule has 134 valence electrons. The molecule has 0 radical (unpaired) electrons. The van der Waals surface area contributed by atoms with Gasteiger partial charge in [0, 0.05) is 17.7 Å². The lowest BCUT2D eigenvalue weighted by Crippen LogP contribution is -2.06. The summed E-state index contributed by atoms with van der Waals surface area (Å²) in [5, 5.41) is 11.8. The number of carbonyl (C=O) groups excluding carboxylic acids is 1. The van der Waals surface area contributed by atoms with Gasteiger partial charge >= 0.3 is 0 Å². The first-order valence-corrected chi connectivity index (χ1v) is 8.91. The van der Waals surface area contributed by atoms with Crippen molar-refractivity contribution >= 4 is 16.8 Å². The van der Waals surface area contributed by atoms with Gasteiger partial charge in [0.05, 0.1) is 22.3 Å². The van der Waals surface area contributed by atoms with Gasteiger partial charge in [-0.3, -0.25) is 4.79 Å². The van der Waals surface area contributed by atoms with Gasteiger partial charge in [-0.25, -0.2) is 4.98 Å². The Bertz CT molecular complexity index is 1150. The normalized spacial score (nSPS) is 14.0. The Morgan fingerprint density at radius 2 is 2.11 bits per heavy atom. The summed E-state index contributed by atoms with van der Waals surface area (Å²) in [6.07, 6.45) is 3.81. The smallest absolute Gasteiger partial charge is 0.215 e. The SMILES string of the molecule is Cc1noc(C)c1-c1cc(C(=O)c2cccnn2)c2nc(C3CC3)[nH]c2c1. The second kappa shape index (κ2) is 5.84. The van der Waals surface area contributed by atoms with Gasteiger partial charge in [0.25, 0.3) is 0 Å². The molecular weight excluding hydrogens is 342 g/mol. The van der Waals surface area contributed by atoms with E-state index in [1.165, 1.54) is 0 Å². The highest BCUT2D eigenvalue weighted by Crippen LogP contribution is 2.40. The maximum absolute atomic E-state index is 13.2. The first kappa shape index (κ1) is 15.9. The number of fused-ring (bicyclic) bond motifs is 1. The molecule has 0 saturated heterocycles. The van der Waals surface area contributed by atoms with Crippen LogP contribution in [0.25, 0.3) is 22.2 Å². The fourth-order valence-corrected chi connectivity index (χ4v) is 3.46. The second-order valence-corrected chi connectivity index (χ2v) is 6.95. The predicted octanol–water partition coefficient (Wildman–Crippen LogP) is 3.73. The highest BCUT2D eigenvalue weighted by molar-refractivity contribution is 6.15. The van der Waals surface area contributed by atoms with E-state index in [1.54, 1.807) is 18.3 Å². The van der Waals surface area contributed by atoms with Crippen molar-refractivity contribution in [2.45, 2.75) is 32.6 Å². The molecule has 27 heavy (non-hydrogen) atoms. The van der Waals surface area contributed by atoms with Crippen LogP contribution >= 0.6 is 0 Å². The number of hydrogen-bond acceptors (Lipinski definition) is 6. The minimum absolute atomic E-state index is 0.199. The molecular formula is C20H17N5O2. The molecule has 1 N–H and O–H groups in total. The first-order valence-electron chi connectivity index (χ1n) is 8.91. The molecule has 0 bridgehead atoms. The molecule has 5 rings (SSSR count). The molecule has 3 heterocycles. The number of rotatable bonds is 4. The van der Waals surface area contributed by atoms with Gasteiger partial charge in [-0.2, -0.15) is 5.10 Å². The zero-order valence-corrected chi connectivity index (χ0v) is 15.0. The number of nitrogens with one attached hydrogen (secondary N) is 1. The van der Waals surface area contributed by atoms with Gasteiger partial charge in [-0.1, -0.05) is 5.16 Å². The van der Waals surface area contributed by atoms with E-state index in [1.807, 2.05) is 26.0 Å². The molecule has 1 aliphatic carbocycles. The fraction of sp³-hybridized carbons (Fsp3) is 0.250. The largest absolute Gasteiger partial charge is 0.361 e. The van der Waals surface area contributed by atoms with Crippen LogP contribution in [0.1, 0.15) is 52.1 Å². The number of aromatic amines is 1. The van der Waals surface area contributed by atoms with Crippen LogP contribution in [-0.2, 0) is 0 Å². The molecule has 0 aliphatic heterocycles. The van der Waals surface area contributed by atoms with Gasteiger partial charge < -0.3 is 9.51 Å². The minimum atomic E-state index is -0.199. The topological polar surface area (TPSA) is 97.6 Å². The Kier molecular flexibility index (Phi) is 3.43. The third kappa shape index (κ3) is 2.63. The van der Waals surface area contributed by atoms with Crippen LogP contribution in [0.3, 0.4) is 0 Å². The summed E-state index contributed by atoms with van der Waals surface area (Å²) >= 11 is 0. The molecule has 7 heteroatoms. The number of carbonyl (C=O) groups is 1. The standard InChI is InChI=1S/C20H17N5O2/c1-10-17(11(2)27-25-10)13-8-14(19(26)15-4-3-7-21-24-15)18-16(9-13)22-20(23-18)12-5-6-12/h3-4,7-9,12H,5-6H2,1-2H3,(H,22,23). The lowest BCUT2D eigenvalue weighted by atomic mass is 9.97. The van der Waals surface area contributed by atoms with Crippen LogP contribution in [0.15, 0.2) is 35.0 Å². The monoisotopic (exact) mass is 359 g/mol. The third-order valence-electron chi connectivity index (χ3n) is 4.94. The number of ketones is 1. The molecule has 0 atom stereocenters. The summed E-state index contributed by atoms with van der Waals surface area (Å²) in [6.45, 7) is 3.76. The van der Waals surface area contributed by atoms with Crippen molar-refractivity contribution in [2.75, 3.05) is 0 Å². The van der Waals surface area contributed by atoms with Gasteiger partial charge in [-0.15, -0.1) is 5.10 Å². The van der Waals surface area contributed by atoms with Crippen molar-refractivity contribution in [1.82, 2.24) is 25.3 Å². The Hall–Kier alpha value is -3.35. The van der Waals surface area contributed by atoms with E-state index in [2.05, 4.69) is 20.3 Å². The lowest BCUT2D eigenvalue weighted by Gasteiger charge is -2.06. The summed E-state index contributed by atoms with van der Waals surface area (Å²) in [5.41, 5.74) is 4.86. The number of hydrogen-bond donors (Lipinski definition) is 1.